The van der Waals surface area contributed by atoms with Crippen LogP contribution in [0.1, 0.15) is 12.8 Å². The van der Waals surface area contributed by atoms with Crippen molar-refractivity contribution in [3.8, 4) is 5.75 Å². The molecular formula is C12H9F4NO7S. The maximum atomic E-state index is 13.6. The molecule has 0 radical (unpaired) electrons. The van der Waals surface area contributed by atoms with Gasteiger partial charge in [-0.3, -0.25) is 9.59 Å². The smallest absolute Gasteiger partial charge is 0.324 e. The molecule has 25 heavy (non-hydrogen) atoms. The second-order valence-electron chi connectivity index (χ2n) is 4.90. The van der Waals surface area contributed by atoms with Gasteiger partial charge in [-0.2, -0.15) is 17.2 Å². The number of aliphatic hydroxyl groups excluding tert-OH is 1. The average molecular weight is 387 g/mol. The fourth-order valence-corrected chi connectivity index (χ4v) is 3.13. The summed E-state index contributed by atoms with van der Waals surface area (Å²) in [5, 5.41) is 17.2. The molecule has 1 aromatic rings. The van der Waals surface area contributed by atoms with Gasteiger partial charge < -0.3 is 10.2 Å². The van der Waals surface area contributed by atoms with Crippen molar-refractivity contribution in [3.05, 3.63) is 23.3 Å². The van der Waals surface area contributed by atoms with Gasteiger partial charge in [0.25, 0.3) is 11.8 Å². The Morgan fingerprint density at radius 3 is 2.08 bits per heavy atom. The lowest BCUT2D eigenvalue weighted by molar-refractivity contribution is -0.165. The molecule has 1 atom stereocenters. The Morgan fingerprint density at radius 1 is 1.08 bits per heavy atom. The predicted molar refractivity (Wildman–Crippen MR) is 67.9 cm³/mol. The van der Waals surface area contributed by atoms with E-state index in [1.807, 2.05) is 0 Å². The van der Waals surface area contributed by atoms with Gasteiger partial charge in [-0.1, -0.05) is 0 Å². The van der Waals surface area contributed by atoms with Crippen LogP contribution < -0.4 is 0 Å². The largest absolute Gasteiger partial charge is 0.503 e. The van der Waals surface area contributed by atoms with Crippen LogP contribution in [0.2, 0.25) is 0 Å². The maximum Gasteiger partial charge on any atom is 0.324 e. The van der Waals surface area contributed by atoms with Crippen LogP contribution in [-0.2, 0) is 24.0 Å². The van der Waals surface area contributed by atoms with Gasteiger partial charge in [0, 0.05) is 13.0 Å². The Labute approximate surface area is 137 Å². The standard InChI is InChI=1S/C12H9F4NO7S/c13-6-8(15)11(9(16)7(14)10(6)20)25(22,23)24-17-5(19)3-4(1-2-18)12(17)21/h4,18,20H,1-3H2. The molecule has 138 valence electrons. The monoisotopic (exact) mass is 387 g/mol. The molecule has 1 aliphatic heterocycles. The van der Waals surface area contributed by atoms with Gasteiger partial charge in [0.1, 0.15) is 0 Å². The highest BCUT2D eigenvalue weighted by Gasteiger charge is 2.44. The van der Waals surface area contributed by atoms with Gasteiger partial charge in [0.05, 0.1) is 5.92 Å². The van der Waals surface area contributed by atoms with Crippen LogP contribution >= 0.6 is 0 Å². The molecule has 2 rings (SSSR count). The highest BCUT2D eigenvalue weighted by molar-refractivity contribution is 7.86. The number of phenols is 1. The van der Waals surface area contributed by atoms with E-state index in [0.29, 0.717) is 0 Å². The van der Waals surface area contributed by atoms with Crippen molar-refractivity contribution in [3.63, 3.8) is 0 Å². The number of rotatable bonds is 5. The zero-order chi connectivity index (χ0) is 19.1. The van der Waals surface area contributed by atoms with E-state index >= 15 is 0 Å². The van der Waals surface area contributed by atoms with E-state index < -0.39 is 74.8 Å². The van der Waals surface area contributed by atoms with Gasteiger partial charge in [-0.15, -0.1) is 9.35 Å². The summed E-state index contributed by atoms with van der Waals surface area (Å²) in [5.74, 6) is -15.4. The van der Waals surface area contributed by atoms with Crippen LogP contribution in [0.4, 0.5) is 17.6 Å². The van der Waals surface area contributed by atoms with E-state index in [0.717, 1.165) is 0 Å². The highest BCUT2D eigenvalue weighted by atomic mass is 32.2. The van der Waals surface area contributed by atoms with Gasteiger partial charge in [0.15, 0.2) is 22.3 Å². The third kappa shape index (κ3) is 3.17. The van der Waals surface area contributed by atoms with E-state index in [1.165, 1.54) is 0 Å². The first kappa shape index (κ1) is 19.1. The van der Waals surface area contributed by atoms with Crippen LogP contribution in [0.15, 0.2) is 4.90 Å². The number of halogens is 4. The number of carbonyl (C=O) groups is 2. The number of phenolic OH excluding ortho intramolecular Hbond substituents is 1. The molecule has 0 aliphatic carbocycles. The lowest BCUT2D eigenvalue weighted by atomic mass is 10.1. The first-order valence-electron chi connectivity index (χ1n) is 6.50. The van der Waals surface area contributed by atoms with Crippen LogP contribution in [0.5, 0.6) is 5.75 Å². The molecule has 1 aliphatic rings. The van der Waals surface area contributed by atoms with Crippen molar-refractivity contribution in [2.75, 3.05) is 6.61 Å². The molecule has 0 aromatic heterocycles. The molecule has 1 aromatic carbocycles. The molecule has 1 heterocycles. The van der Waals surface area contributed by atoms with Crippen molar-refractivity contribution in [1.82, 2.24) is 5.06 Å². The summed E-state index contributed by atoms with van der Waals surface area (Å²) in [5.41, 5.74) is 0. The third-order valence-corrected chi connectivity index (χ3v) is 4.50. The zero-order valence-electron chi connectivity index (χ0n) is 12.0. The minimum atomic E-state index is -5.69. The van der Waals surface area contributed by atoms with Crippen molar-refractivity contribution in [1.29, 1.82) is 0 Å². The zero-order valence-corrected chi connectivity index (χ0v) is 12.8. The van der Waals surface area contributed by atoms with E-state index in [2.05, 4.69) is 4.28 Å². The first-order chi connectivity index (χ1) is 11.5. The molecule has 2 amide bonds. The van der Waals surface area contributed by atoms with Gasteiger partial charge in [-0.05, 0) is 6.42 Å². The SMILES string of the molecule is O=C1CC(CCO)C(=O)N1OS(=O)(=O)c1c(F)c(F)c(O)c(F)c1F. The number of hydrogen-bond donors (Lipinski definition) is 2. The molecular weight excluding hydrogens is 378 g/mol. The van der Waals surface area contributed by atoms with Gasteiger partial charge >= 0.3 is 10.1 Å². The van der Waals surface area contributed by atoms with E-state index in [1.54, 1.807) is 0 Å². The number of hydrogen-bond acceptors (Lipinski definition) is 7. The normalized spacial score (nSPS) is 18.3. The molecule has 2 N–H and O–H groups in total. The molecule has 8 nitrogen and oxygen atoms in total. The summed E-state index contributed by atoms with van der Waals surface area (Å²) in [6.07, 6.45) is -0.756. The first-order valence-corrected chi connectivity index (χ1v) is 7.90. The van der Waals surface area contributed by atoms with E-state index in [-0.39, 0.29) is 11.5 Å². The highest BCUT2D eigenvalue weighted by Crippen LogP contribution is 2.33. The van der Waals surface area contributed by atoms with Gasteiger partial charge in [0.2, 0.25) is 11.6 Å². The number of hydroxylamine groups is 2. The Kier molecular flexibility index (Phi) is 5.02. The number of carbonyl (C=O) groups excluding carboxylic acids is 2. The Morgan fingerprint density at radius 2 is 1.60 bits per heavy atom. The number of amides is 2. The minimum Gasteiger partial charge on any atom is -0.503 e. The lowest BCUT2D eigenvalue weighted by Crippen LogP contribution is -2.34. The maximum absolute atomic E-state index is 13.6. The number of aromatic hydroxyl groups is 1. The molecule has 1 saturated heterocycles. The topological polar surface area (TPSA) is 121 Å². The van der Waals surface area contributed by atoms with Crippen molar-refractivity contribution in [2.45, 2.75) is 17.7 Å². The summed E-state index contributed by atoms with van der Waals surface area (Å²) in [6, 6.07) is 0. The van der Waals surface area contributed by atoms with Gasteiger partial charge in [-0.25, -0.2) is 8.78 Å². The Balaban J connectivity index is 2.45. The summed E-state index contributed by atoms with van der Waals surface area (Å²) in [7, 11) is -5.69. The predicted octanol–water partition coefficient (Wildman–Crippen LogP) is 0.326. The molecule has 1 unspecified atom stereocenters. The van der Waals surface area contributed by atoms with E-state index in [4.69, 9.17) is 10.2 Å². The number of aliphatic hydroxyl groups is 1. The molecule has 0 bridgehead atoms. The second-order valence-corrected chi connectivity index (χ2v) is 6.37. The van der Waals surface area contributed by atoms with Crippen LogP contribution in [0, 0.1) is 29.2 Å². The third-order valence-electron chi connectivity index (χ3n) is 3.30. The average Bonchev–Trinajstić information content (AvgIpc) is 2.78. The molecule has 0 spiro atoms. The summed E-state index contributed by atoms with van der Waals surface area (Å²) in [6.45, 7) is -0.512. The molecule has 13 heteroatoms. The fourth-order valence-electron chi connectivity index (χ4n) is 2.08. The fraction of sp³-hybridized carbons (Fsp3) is 0.333. The van der Waals surface area contributed by atoms with Crippen LogP contribution in [0.25, 0.3) is 0 Å². The number of nitrogens with zero attached hydrogens (tertiary/aromatic N) is 1. The molecule has 0 saturated carbocycles. The van der Waals surface area contributed by atoms with E-state index in [9.17, 15) is 35.6 Å². The summed E-state index contributed by atoms with van der Waals surface area (Å²) < 4.78 is 81.6. The number of benzene rings is 1. The van der Waals surface area contributed by atoms with Crippen molar-refractivity contribution < 1.29 is 50.1 Å². The number of imide groups is 1. The lowest BCUT2D eigenvalue weighted by Gasteiger charge is -2.15. The minimum absolute atomic E-state index is 0.213. The summed E-state index contributed by atoms with van der Waals surface area (Å²) >= 11 is 0. The van der Waals surface area contributed by atoms with Crippen LogP contribution in [0.3, 0.4) is 0 Å². The Hall–Kier alpha value is -2.25. The molecule has 1 fully saturated rings. The second kappa shape index (κ2) is 6.57. The van der Waals surface area contributed by atoms with Crippen LogP contribution in [-0.4, -0.2) is 42.1 Å². The quantitative estimate of drug-likeness (QED) is 0.424. The van der Waals surface area contributed by atoms with Crippen molar-refractivity contribution in [2.24, 2.45) is 5.92 Å². The Bertz CT molecular complexity index is 829. The summed E-state index contributed by atoms with van der Waals surface area (Å²) in [4.78, 5) is 21.1. The van der Waals surface area contributed by atoms with Crippen molar-refractivity contribution >= 4 is 21.9 Å².